The van der Waals surface area contributed by atoms with Gasteiger partial charge < -0.3 is 4.90 Å². The molecule has 0 saturated carbocycles. The zero-order valence-electron chi connectivity index (χ0n) is 10.8. The first kappa shape index (κ1) is 14.4. The Morgan fingerprint density at radius 3 is 2.53 bits per heavy atom. The Kier molecular flexibility index (Phi) is 4.94. The van der Waals surface area contributed by atoms with Crippen molar-refractivity contribution in [3.63, 3.8) is 0 Å². The molecule has 1 N–H and O–H groups in total. The zero-order valence-corrected chi connectivity index (χ0v) is 11.6. The molecule has 0 aliphatic carbocycles. The van der Waals surface area contributed by atoms with Crippen LogP contribution in [-0.2, 0) is 14.6 Å². The minimum Gasteiger partial charge on any atom is -0.325 e. The van der Waals surface area contributed by atoms with E-state index >= 15 is 0 Å². The number of nitrogens with zero attached hydrogens (tertiary/aromatic N) is 1. The molecular weight excluding hydrogens is 240 g/mol. The maximum Gasteiger partial charge on any atom is 0.241 e. The van der Waals surface area contributed by atoms with E-state index in [-0.39, 0.29) is 29.6 Å². The highest BCUT2D eigenvalue weighted by Gasteiger charge is 2.35. The molecule has 0 aromatic carbocycles. The third-order valence-electron chi connectivity index (χ3n) is 3.15. The lowest BCUT2D eigenvalue weighted by molar-refractivity contribution is -0.129. The summed E-state index contributed by atoms with van der Waals surface area (Å²) in [6.07, 6.45) is 1.68. The van der Waals surface area contributed by atoms with Crippen molar-refractivity contribution in [1.82, 2.24) is 10.2 Å². The third-order valence-corrected chi connectivity index (χ3v) is 4.84. The van der Waals surface area contributed by atoms with Gasteiger partial charge in [0.2, 0.25) is 5.91 Å². The molecule has 1 amide bonds. The molecule has 1 aliphatic heterocycles. The van der Waals surface area contributed by atoms with Crippen LogP contribution in [-0.4, -0.2) is 49.5 Å². The first-order valence-corrected chi connectivity index (χ1v) is 8.00. The lowest BCUT2D eigenvalue weighted by Gasteiger charge is -2.20. The van der Waals surface area contributed by atoms with Crippen molar-refractivity contribution >= 4 is 15.7 Å². The van der Waals surface area contributed by atoms with Gasteiger partial charge in [0, 0.05) is 12.3 Å². The number of hydrogen-bond donors (Lipinski definition) is 1. The van der Waals surface area contributed by atoms with E-state index in [4.69, 9.17) is 0 Å². The van der Waals surface area contributed by atoms with E-state index in [1.807, 2.05) is 13.8 Å². The summed E-state index contributed by atoms with van der Waals surface area (Å²) >= 11 is 0. The summed E-state index contributed by atoms with van der Waals surface area (Å²) in [4.78, 5) is 13.6. The molecule has 6 heteroatoms. The van der Waals surface area contributed by atoms with Gasteiger partial charge in [0.25, 0.3) is 0 Å². The Hall–Kier alpha value is -0.620. The number of amides is 1. The first-order valence-electron chi connectivity index (χ1n) is 6.18. The van der Waals surface area contributed by atoms with Gasteiger partial charge >= 0.3 is 0 Å². The molecule has 2 atom stereocenters. The smallest absolute Gasteiger partial charge is 0.241 e. The fourth-order valence-electron chi connectivity index (χ4n) is 2.02. The molecule has 17 heavy (non-hydrogen) atoms. The van der Waals surface area contributed by atoms with E-state index in [1.165, 1.54) is 0 Å². The summed E-state index contributed by atoms with van der Waals surface area (Å²) in [7, 11) is -3.01. The molecule has 0 bridgehead atoms. The molecule has 1 heterocycles. The molecule has 1 rings (SSSR count). The average Bonchev–Trinajstić information content (AvgIpc) is 2.53. The topological polar surface area (TPSA) is 66.5 Å². The van der Waals surface area contributed by atoms with Crippen molar-refractivity contribution in [2.45, 2.75) is 45.8 Å². The van der Waals surface area contributed by atoms with Crippen molar-refractivity contribution in [3.05, 3.63) is 0 Å². The Bertz CT molecular complexity index is 367. The maximum atomic E-state index is 12.0. The van der Waals surface area contributed by atoms with Crippen molar-refractivity contribution in [2.24, 2.45) is 0 Å². The van der Waals surface area contributed by atoms with Gasteiger partial charge in [-0.1, -0.05) is 20.3 Å². The van der Waals surface area contributed by atoms with Gasteiger partial charge in [0.15, 0.2) is 9.84 Å². The zero-order chi connectivity index (χ0) is 13.1. The molecule has 100 valence electrons. The fourth-order valence-corrected chi connectivity index (χ4v) is 2.79. The second kappa shape index (κ2) is 5.82. The highest BCUT2D eigenvalue weighted by Crippen LogP contribution is 2.14. The van der Waals surface area contributed by atoms with Crippen molar-refractivity contribution in [3.8, 4) is 0 Å². The Morgan fingerprint density at radius 2 is 2.00 bits per heavy atom. The number of nitrogens with one attached hydrogen (secondary N) is 1. The maximum absolute atomic E-state index is 12.0. The van der Waals surface area contributed by atoms with Crippen LogP contribution in [0.1, 0.15) is 33.6 Å². The second-order valence-corrected chi connectivity index (χ2v) is 6.92. The van der Waals surface area contributed by atoms with Gasteiger partial charge in [-0.3, -0.25) is 10.1 Å². The molecule has 0 aromatic rings. The standard InChI is InChI=1S/C11H22N2O3S/c1-4-6-10-11(14)13(9(3)12-10)7-8-17(15,16)5-2/h9-10,12H,4-8H2,1-3H3. The monoisotopic (exact) mass is 262 g/mol. The van der Waals surface area contributed by atoms with Crippen LogP contribution in [0.25, 0.3) is 0 Å². The minimum atomic E-state index is -3.01. The van der Waals surface area contributed by atoms with Gasteiger partial charge in [0.1, 0.15) is 0 Å². The highest BCUT2D eigenvalue weighted by molar-refractivity contribution is 7.91. The number of carbonyl (C=O) groups is 1. The minimum absolute atomic E-state index is 0.0330. The summed E-state index contributed by atoms with van der Waals surface area (Å²) in [5, 5.41) is 3.19. The van der Waals surface area contributed by atoms with Gasteiger partial charge in [-0.05, 0) is 13.3 Å². The van der Waals surface area contributed by atoms with Crippen molar-refractivity contribution in [1.29, 1.82) is 0 Å². The van der Waals surface area contributed by atoms with Gasteiger partial charge in [0.05, 0.1) is 18.0 Å². The molecule has 0 aromatic heterocycles. The van der Waals surface area contributed by atoms with Gasteiger partial charge in [-0.2, -0.15) is 0 Å². The summed E-state index contributed by atoms with van der Waals surface area (Å²) in [6.45, 7) is 5.85. The molecule has 0 spiro atoms. The normalized spacial score (nSPS) is 25.6. The molecule has 0 radical (unpaired) electrons. The van der Waals surface area contributed by atoms with Crippen LogP contribution >= 0.6 is 0 Å². The van der Waals surface area contributed by atoms with Crippen LogP contribution in [0.15, 0.2) is 0 Å². The van der Waals surface area contributed by atoms with E-state index in [0.29, 0.717) is 6.54 Å². The summed E-state index contributed by atoms with van der Waals surface area (Å²) in [5.74, 6) is 0.223. The fraction of sp³-hybridized carbons (Fsp3) is 0.909. The van der Waals surface area contributed by atoms with Crippen LogP contribution < -0.4 is 5.32 Å². The van der Waals surface area contributed by atoms with Gasteiger partial charge in [-0.25, -0.2) is 8.42 Å². The summed E-state index contributed by atoms with van der Waals surface area (Å²) < 4.78 is 22.8. The second-order valence-electron chi connectivity index (χ2n) is 4.45. The molecule has 2 unspecified atom stereocenters. The summed E-state index contributed by atoms with van der Waals surface area (Å²) in [5.41, 5.74) is 0. The predicted octanol–water partition coefficient (Wildman–Crippen LogP) is 0.368. The number of hydrogen-bond acceptors (Lipinski definition) is 4. The van der Waals surface area contributed by atoms with E-state index < -0.39 is 9.84 Å². The average molecular weight is 262 g/mol. The summed E-state index contributed by atoms with van der Waals surface area (Å²) in [6, 6.07) is -0.140. The third kappa shape index (κ3) is 3.67. The van der Waals surface area contributed by atoms with Gasteiger partial charge in [-0.15, -0.1) is 0 Å². The highest BCUT2D eigenvalue weighted by atomic mass is 32.2. The van der Waals surface area contributed by atoms with Crippen LogP contribution in [0.2, 0.25) is 0 Å². The lowest BCUT2D eigenvalue weighted by Crippen LogP contribution is -2.38. The van der Waals surface area contributed by atoms with Crippen molar-refractivity contribution in [2.75, 3.05) is 18.1 Å². The van der Waals surface area contributed by atoms with Crippen LogP contribution in [0.5, 0.6) is 0 Å². The molecule has 1 fully saturated rings. The quantitative estimate of drug-likeness (QED) is 0.751. The number of rotatable bonds is 6. The predicted molar refractivity (Wildman–Crippen MR) is 67.3 cm³/mol. The van der Waals surface area contributed by atoms with E-state index in [1.54, 1.807) is 11.8 Å². The van der Waals surface area contributed by atoms with Crippen molar-refractivity contribution < 1.29 is 13.2 Å². The van der Waals surface area contributed by atoms with Crippen LogP contribution in [0.3, 0.4) is 0 Å². The Morgan fingerprint density at radius 1 is 1.35 bits per heavy atom. The number of sulfone groups is 1. The van der Waals surface area contributed by atoms with Crippen LogP contribution in [0.4, 0.5) is 0 Å². The lowest BCUT2D eigenvalue weighted by atomic mass is 10.2. The van der Waals surface area contributed by atoms with E-state index in [9.17, 15) is 13.2 Å². The molecule has 1 saturated heterocycles. The van der Waals surface area contributed by atoms with E-state index in [0.717, 1.165) is 12.8 Å². The SMILES string of the molecule is CCCC1NC(C)N(CCS(=O)(=O)CC)C1=O. The number of carbonyl (C=O) groups excluding carboxylic acids is 1. The largest absolute Gasteiger partial charge is 0.325 e. The molecular formula is C11H22N2O3S. The Balaban J connectivity index is 2.57. The first-order chi connectivity index (χ1) is 7.91. The molecule has 5 nitrogen and oxygen atoms in total. The Labute approximate surface area is 103 Å². The van der Waals surface area contributed by atoms with Crippen LogP contribution in [0, 0.1) is 0 Å². The molecule has 1 aliphatic rings. The van der Waals surface area contributed by atoms with E-state index in [2.05, 4.69) is 5.32 Å².